The molecule has 4 rings (SSSR count). The molecule has 3 aromatic carbocycles. The molecule has 1 amide bonds. The van der Waals surface area contributed by atoms with Crippen molar-refractivity contribution in [1.29, 1.82) is 0 Å². The number of nitrogens with one attached hydrogen (secondary N) is 1. The van der Waals surface area contributed by atoms with Crippen LogP contribution in [0, 0.1) is 0 Å². The summed E-state index contributed by atoms with van der Waals surface area (Å²) in [4.78, 5) is 13.3. The van der Waals surface area contributed by atoms with Crippen LogP contribution < -0.4 is 14.8 Å². The molecular weight excluding hydrogens is 410 g/mol. The van der Waals surface area contributed by atoms with E-state index in [2.05, 4.69) is 5.32 Å². The van der Waals surface area contributed by atoms with E-state index in [4.69, 9.17) is 21.1 Å². The van der Waals surface area contributed by atoms with Gasteiger partial charge in [-0.25, -0.2) is 0 Å². The number of hydrogen-bond acceptors (Lipinski definition) is 5. The van der Waals surface area contributed by atoms with Crippen molar-refractivity contribution in [2.45, 2.75) is 16.2 Å². The first-order chi connectivity index (χ1) is 14.0. The number of benzene rings is 3. The van der Waals surface area contributed by atoms with E-state index in [9.17, 15) is 9.90 Å². The Morgan fingerprint density at radius 3 is 2.55 bits per heavy atom. The van der Waals surface area contributed by atoms with Crippen LogP contribution >= 0.6 is 23.4 Å². The molecule has 1 aliphatic rings. The maximum atomic E-state index is 12.5. The number of hydrogen-bond donors (Lipinski definition) is 2. The number of carbonyl (C=O) groups is 1. The Balaban J connectivity index is 1.67. The van der Waals surface area contributed by atoms with Crippen LogP contribution in [0.3, 0.4) is 0 Å². The quantitative estimate of drug-likeness (QED) is 0.592. The molecule has 29 heavy (non-hydrogen) atoms. The number of fused-ring (bicyclic) bond motifs is 1. The number of thioether (sulfide) groups is 1. The lowest BCUT2D eigenvalue weighted by Crippen LogP contribution is -2.30. The average Bonchev–Trinajstić information content (AvgIpc) is 2.85. The Hall–Kier alpha value is -2.67. The van der Waals surface area contributed by atoms with Crippen LogP contribution in [-0.4, -0.2) is 24.2 Å². The Kier molecular flexibility index (Phi) is 5.67. The van der Waals surface area contributed by atoms with E-state index in [0.29, 0.717) is 28.0 Å². The number of halogens is 1. The summed E-state index contributed by atoms with van der Waals surface area (Å²) < 4.78 is 11.1. The van der Waals surface area contributed by atoms with Crippen molar-refractivity contribution in [2.24, 2.45) is 0 Å². The lowest BCUT2D eigenvalue weighted by Gasteiger charge is -2.19. The number of anilines is 1. The number of aliphatic hydroxyl groups excluding tert-OH is 1. The van der Waals surface area contributed by atoms with Crippen LogP contribution in [0.25, 0.3) is 0 Å². The van der Waals surface area contributed by atoms with Crippen LogP contribution in [-0.2, 0) is 4.79 Å². The Labute approximate surface area is 177 Å². The van der Waals surface area contributed by atoms with Crippen molar-refractivity contribution in [3.05, 3.63) is 77.3 Å². The van der Waals surface area contributed by atoms with Gasteiger partial charge in [0.25, 0.3) is 5.91 Å². The second-order valence-electron chi connectivity index (χ2n) is 6.44. The maximum Gasteiger partial charge on any atom is 0.254 e. The van der Waals surface area contributed by atoms with Gasteiger partial charge in [0.2, 0.25) is 0 Å². The molecule has 3 aromatic rings. The average molecular weight is 428 g/mol. The standard InChI is InChI=1S/C22H18ClNO4S/c1-27-18-10-7-13(11-16(18)23)21-20(25)22(26)24-17-9-8-15(12-19(17)29-21)28-14-5-3-2-4-6-14/h2-12,20-21,25H,1H3,(H,24,26)/t20-,21+/m0/s1. The van der Waals surface area contributed by atoms with E-state index in [1.54, 1.807) is 30.3 Å². The van der Waals surface area contributed by atoms with Gasteiger partial charge >= 0.3 is 0 Å². The molecule has 1 aliphatic heterocycles. The normalized spacial score (nSPS) is 18.4. The second kappa shape index (κ2) is 8.37. The third kappa shape index (κ3) is 4.19. The van der Waals surface area contributed by atoms with Crippen molar-refractivity contribution in [2.75, 3.05) is 12.4 Å². The molecule has 0 radical (unpaired) electrons. The number of amides is 1. The zero-order valence-electron chi connectivity index (χ0n) is 15.5. The van der Waals surface area contributed by atoms with E-state index >= 15 is 0 Å². The first kappa shape index (κ1) is 19.6. The summed E-state index contributed by atoms with van der Waals surface area (Å²) in [6.45, 7) is 0. The molecule has 0 aromatic heterocycles. The molecule has 1 heterocycles. The summed E-state index contributed by atoms with van der Waals surface area (Å²) in [7, 11) is 1.54. The Bertz CT molecular complexity index is 1040. The van der Waals surface area contributed by atoms with Crippen LogP contribution in [0.5, 0.6) is 17.2 Å². The number of carbonyl (C=O) groups excluding carboxylic acids is 1. The number of methoxy groups -OCH3 is 1. The van der Waals surface area contributed by atoms with Crippen molar-refractivity contribution in [3.8, 4) is 17.2 Å². The minimum absolute atomic E-state index is 0.420. The zero-order chi connectivity index (χ0) is 20.4. The van der Waals surface area contributed by atoms with Gasteiger partial charge in [-0.3, -0.25) is 4.79 Å². The van der Waals surface area contributed by atoms with Gasteiger partial charge in [-0.05, 0) is 48.0 Å². The number of aliphatic hydroxyl groups is 1. The smallest absolute Gasteiger partial charge is 0.254 e. The molecule has 0 saturated carbocycles. The van der Waals surface area contributed by atoms with Crippen LogP contribution in [0.15, 0.2) is 71.6 Å². The van der Waals surface area contributed by atoms with Crippen molar-refractivity contribution in [3.63, 3.8) is 0 Å². The Morgan fingerprint density at radius 1 is 1.03 bits per heavy atom. The van der Waals surface area contributed by atoms with Gasteiger partial charge in [-0.15, -0.1) is 11.8 Å². The summed E-state index contributed by atoms with van der Waals surface area (Å²) >= 11 is 7.63. The highest BCUT2D eigenvalue weighted by molar-refractivity contribution is 7.99. The van der Waals surface area contributed by atoms with E-state index in [1.165, 1.54) is 18.9 Å². The van der Waals surface area contributed by atoms with Gasteiger partial charge < -0.3 is 19.9 Å². The van der Waals surface area contributed by atoms with E-state index in [0.717, 1.165) is 10.5 Å². The summed E-state index contributed by atoms with van der Waals surface area (Å²) in [5.74, 6) is 1.42. The van der Waals surface area contributed by atoms with Crippen LogP contribution in [0.2, 0.25) is 5.02 Å². The number of ether oxygens (including phenoxy) is 2. The lowest BCUT2D eigenvalue weighted by atomic mass is 10.1. The number of rotatable bonds is 4. The van der Waals surface area contributed by atoms with Gasteiger partial charge in [0, 0.05) is 4.90 Å². The molecule has 0 saturated heterocycles. The predicted molar refractivity (Wildman–Crippen MR) is 114 cm³/mol. The molecule has 0 bridgehead atoms. The second-order valence-corrected chi connectivity index (χ2v) is 8.03. The molecule has 0 spiro atoms. The molecule has 0 unspecified atom stereocenters. The van der Waals surface area contributed by atoms with Crippen LogP contribution in [0.4, 0.5) is 5.69 Å². The molecule has 5 nitrogen and oxygen atoms in total. The topological polar surface area (TPSA) is 67.8 Å². The first-order valence-corrected chi connectivity index (χ1v) is 10.2. The number of para-hydroxylation sites is 1. The first-order valence-electron chi connectivity index (χ1n) is 8.91. The van der Waals surface area contributed by atoms with Gasteiger partial charge in [0.15, 0.2) is 0 Å². The van der Waals surface area contributed by atoms with Gasteiger partial charge in [0.1, 0.15) is 23.4 Å². The fraction of sp³-hybridized carbons (Fsp3) is 0.136. The molecular formula is C22H18ClNO4S. The van der Waals surface area contributed by atoms with Crippen molar-refractivity contribution >= 4 is 35.0 Å². The van der Waals surface area contributed by atoms with E-state index < -0.39 is 17.3 Å². The SMILES string of the molecule is COc1ccc([C@H]2Sc3cc(Oc4ccccc4)ccc3NC(=O)[C@H]2O)cc1Cl. The summed E-state index contributed by atoms with van der Waals surface area (Å²) in [6.07, 6.45) is -1.24. The highest BCUT2D eigenvalue weighted by Crippen LogP contribution is 2.46. The Morgan fingerprint density at radius 2 is 1.83 bits per heavy atom. The highest BCUT2D eigenvalue weighted by Gasteiger charge is 2.33. The molecule has 7 heteroatoms. The fourth-order valence-corrected chi connectivity index (χ4v) is 4.55. The maximum absolute atomic E-state index is 12.5. The zero-order valence-corrected chi connectivity index (χ0v) is 17.0. The predicted octanol–water partition coefficient (Wildman–Crippen LogP) is 5.29. The van der Waals surface area contributed by atoms with Gasteiger partial charge in [-0.2, -0.15) is 0 Å². The van der Waals surface area contributed by atoms with E-state index in [-0.39, 0.29) is 0 Å². The van der Waals surface area contributed by atoms with Gasteiger partial charge in [0.05, 0.1) is 23.1 Å². The molecule has 0 aliphatic carbocycles. The third-order valence-corrected chi connectivity index (χ3v) is 6.17. The van der Waals surface area contributed by atoms with Crippen molar-refractivity contribution < 1.29 is 19.4 Å². The highest BCUT2D eigenvalue weighted by atomic mass is 35.5. The summed E-state index contributed by atoms with van der Waals surface area (Å²) in [6, 6.07) is 20.1. The minimum atomic E-state index is -1.24. The third-order valence-electron chi connectivity index (χ3n) is 4.50. The van der Waals surface area contributed by atoms with E-state index in [1.807, 2.05) is 36.4 Å². The summed E-state index contributed by atoms with van der Waals surface area (Å²) in [5, 5.41) is 13.3. The molecule has 2 atom stereocenters. The minimum Gasteiger partial charge on any atom is -0.495 e. The monoisotopic (exact) mass is 427 g/mol. The molecule has 2 N–H and O–H groups in total. The lowest BCUT2D eigenvalue weighted by molar-refractivity contribution is -0.124. The molecule has 148 valence electrons. The van der Waals surface area contributed by atoms with Crippen LogP contribution in [0.1, 0.15) is 10.8 Å². The molecule has 0 fully saturated rings. The fourth-order valence-electron chi connectivity index (χ4n) is 3.05. The van der Waals surface area contributed by atoms with Crippen molar-refractivity contribution in [1.82, 2.24) is 0 Å². The summed E-state index contributed by atoms with van der Waals surface area (Å²) in [5.41, 5.74) is 1.35. The van der Waals surface area contributed by atoms with Gasteiger partial charge in [-0.1, -0.05) is 35.9 Å². The largest absolute Gasteiger partial charge is 0.495 e.